The molecular weight excluding hydrogens is 206 g/mol. The molecule has 1 atom stereocenters. The third-order valence-corrected chi connectivity index (χ3v) is 4.21. The van der Waals surface area contributed by atoms with Crippen LogP contribution in [0.5, 0.6) is 0 Å². The molecule has 0 aromatic carbocycles. The van der Waals surface area contributed by atoms with Crippen molar-refractivity contribution in [2.45, 2.75) is 37.6 Å². The van der Waals surface area contributed by atoms with Crippen LogP contribution < -0.4 is 5.32 Å². The Morgan fingerprint density at radius 1 is 1.47 bits per heavy atom. The number of rotatable bonds is 5. The van der Waals surface area contributed by atoms with E-state index in [0.29, 0.717) is 6.04 Å². The zero-order valence-electron chi connectivity index (χ0n) is 8.98. The van der Waals surface area contributed by atoms with Gasteiger partial charge in [-0.15, -0.1) is 11.3 Å². The molecule has 0 amide bonds. The van der Waals surface area contributed by atoms with Gasteiger partial charge in [0.05, 0.1) is 6.61 Å². The summed E-state index contributed by atoms with van der Waals surface area (Å²) >= 11 is 1.74. The van der Waals surface area contributed by atoms with Crippen molar-refractivity contribution in [2.24, 2.45) is 0 Å². The van der Waals surface area contributed by atoms with E-state index in [4.69, 9.17) is 0 Å². The second kappa shape index (κ2) is 5.64. The molecule has 0 spiro atoms. The number of aliphatic hydroxyl groups excluding tert-OH is 1. The summed E-state index contributed by atoms with van der Waals surface area (Å²) in [7, 11) is 0. The van der Waals surface area contributed by atoms with Crippen molar-refractivity contribution in [1.82, 2.24) is 5.32 Å². The highest BCUT2D eigenvalue weighted by atomic mass is 32.1. The van der Waals surface area contributed by atoms with E-state index in [1.165, 1.54) is 30.6 Å². The van der Waals surface area contributed by atoms with Crippen molar-refractivity contribution < 1.29 is 5.11 Å². The van der Waals surface area contributed by atoms with Gasteiger partial charge in [-0.05, 0) is 24.3 Å². The van der Waals surface area contributed by atoms with Crippen LogP contribution in [-0.4, -0.2) is 24.3 Å². The van der Waals surface area contributed by atoms with Gasteiger partial charge in [-0.2, -0.15) is 0 Å². The molecule has 1 saturated carbocycles. The van der Waals surface area contributed by atoms with Crippen molar-refractivity contribution in [2.75, 3.05) is 13.2 Å². The fourth-order valence-electron chi connectivity index (χ4n) is 2.22. The van der Waals surface area contributed by atoms with Crippen LogP contribution in [0.15, 0.2) is 17.5 Å². The molecule has 3 heteroatoms. The average Bonchev–Trinajstić information content (AvgIpc) is 2.90. The predicted octanol–water partition coefficient (Wildman–Crippen LogP) is 2.36. The smallest absolute Gasteiger partial charge is 0.0519 e. The topological polar surface area (TPSA) is 32.3 Å². The van der Waals surface area contributed by atoms with Crippen LogP contribution in [0.2, 0.25) is 0 Å². The Hall–Kier alpha value is -0.380. The van der Waals surface area contributed by atoms with Crippen LogP contribution >= 0.6 is 11.3 Å². The van der Waals surface area contributed by atoms with Crippen LogP contribution in [0, 0.1) is 0 Å². The second-order valence-electron chi connectivity index (χ2n) is 4.28. The Morgan fingerprint density at radius 3 is 2.87 bits per heavy atom. The largest absolute Gasteiger partial charge is 0.396 e. The van der Waals surface area contributed by atoms with Crippen LogP contribution in [0.3, 0.4) is 0 Å². The summed E-state index contributed by atoms with van der Waals surface area (Å²) in [6.07, 6.45) is 5.34. The van der Waals surface area contributed by atoms with E-state index < -0.39 is 0 Å². The van der Waals surface area contributed by atoms with Gasteiger partial charge >= 0.3 is 0 Å². The Kier molecular flexibility index (Phi) is 4.18. The molecule has 0 aliphatic heterocycles. The van der Waals surface area contributed by atoms with Gasteiger partial charge in [0.1, 0.15) is 0 Å². The lowest BCUT2D eigenvalue weighted by molar-refractivity contribution is 0.260. The van der Waals surface area contributed by atoms with Gasteiger partial charge in [-0.25, -0.2) is 0 Å². The monoisotopic (exact) mass is 225 g/mol. The molecule has 1 unspecified atom stereocenters. The maximum Gasteiger partial charge on any atom is 0.0519 e. The normalized spacial score (nSPS) is 19.5. The molecule has 1 fully saturated rings. The lowest BCUT2D eigenvalue weighted by atomic mass is 10.1. The molecule has 2 rings (SSSR count). The fraction of sp³-hybridized carbons (Fsp3) is 0.667. The highest BCUT2D eigenvalue weighted by molar-refractivity contribution is 7.10. The van der Waals surface area contributed by atoms with E-state index >= 15 is 0 Å². The lowest BCUT2D eigenvalue weighted by Gasteiger charge is -2.17. The zero-order valence-corrected chi connectivity index (χ0v) is 9.80. The first kappa shape index (κ1) is 11.1. The minimum Gasteiger partial charge on any atom is -0.396 e. The van der Waals surface area contributed by atoms with Crippen molar-refractivity contribution in [3.63, 3.8) is 0 Å². The van der Waals surface area contributed by atoms with Gasteiger partial charge in [0.15, 0.2) is 0 Å². The first-order valence-corrected chi connectivity index (χ1v) is 6.65. The Morgan fingerprint density at radius 2 is 2.27 bits per heavy atom. The van der Waals surface area contributed by atoms with Crippen molar-refractivity contribution in [1.29, 1.82) is 0 Å². The summed E-state index contributed by atoms with van der Waals surface area (Å²) in [5.41, 5.74) is 0. The van der Waals surface area contributed by atoms with Crippen molar-refractivity contribution >= 4 is 11.3 Å². The van der Waals surface area contributed by atoms with Crippen molar-refractivity contribution in [3.05, 3.63) is 22.4 Å². The first-order chi connectivity index (χ1) is 7.40. The maximum atomic E-state index is 9.34. The van der Waals surface area contributed by atoms with Crippen LogP contribution in [0.25, 0.3) is 0 Å². The summed E-state index contributed by atoms with van der Waals surface area (Å²) in [6, 6.07) is 4.86. The quantitative estimate of drug-likeness (QED) is 0.806. The molecule has 1 heterocycles. The number of hydrogen-bond donors (Lipinski definition) is 2. The van der Waals surface area contributed by atoms with Gasteiger partial charge in [0.2, 0.25) is 0 Å². The molecule has 0 radical (unpaired) electrons. The average molecular weight is 225 g/mol. The molecule has 84 valence electrons. The zero-order chi connectivity index (χ0) is 10.5. The predicted molar refractivity (Wildman–Crippen MR) is 64.4 cm³/mol. The van der Waals surface area contributed by atoms with E-state index in [1.807, 2.05) is 0 Å². The summed E-state index contributed by atoms with van der Waals surface area (Å²) < 4.78 is 0. The molecule has 1 aliphatic rings. The highest BCUT2D eigenvalue weighted by Gasteiger charge is 2.17. The molecule has 1 aliphatic carbocycles. The van der Waals surface area contributed by atoms with E-state index in [0.717, 1.165) is 6.54 Å². The molecule has 15 heavy (non-hydrogen) atoms. The van der Waals surface area contributed by atoms with E-state index in [1.54, 1.807) is 11.3 Å². The van der Waals surface area contributed by atoms with Gasteiger partial charge < -0.3 is 10.4 Å². The fourth-order valence-corrected chi connectivity index (χ4v) is 3.04. The standard InChI is InChI=1S/C12H19NOS/c14-9-10(12-6-3-7-15-12)8-13-11-4-1-2-5-11/h3,6-7,10-11,13-14H,1-2,4-5,8-9H2. The van der Waals surface area contributed by atoms with Gasteiger partial charge in [-0.3, -0.25) is 0 Å². The third-order valence-electron chi connectivity index (χ3n) is 3.17. The molecule has 1 aromatic rings. The molecular formula is C12H19NOS. The minimum atomic E-state index is 0.250. The molecule has 1 aromatic heterocycles. The lowest BCUT2D eigenvalue weighted by Crippen LogP contribution is -2.31. The molecule has 2 N–H and O–H groups in total. The van der Waals surface area contributed by atoms with E-state index in [9.17, 15) is 5.11 Å². The maximum absolute atomic E-state index is 9.34. The summed E-state index contributed by atoms with van der Waals surface area (Å²) in [4.78, 5) is 1.29. The number of hydrogen-bond acceptors (Lipinski definition) is 3. The second-order valence-corrected chi connectivity index (χ2v) is 5.26. The van der Waals surface area contributed by atoms with E-state index in [-0.39, 0.29) is 12.5 Å². The molecule has 0 saturated heterocycles. The van der Waals surface area contributed by atoms with Gasteiger partial charge in [0, 0.05) is 23.4 Å². The van der Waals surface area contributed by atoms with Gasteiger partial charge in [0.25, 0.3) is 0 Å². The minimum absolute atomic E-state index is 0.250. The summed E-state index contributed by atoms with van der Waals surface area (Å²) in [5, 5.41) is 15.0. The number of aliphatic hydroxyl groups is 1. The SMILES string of the molecule is OCC(CNC1CCCC1)c1cccs1. The molecule has 2 nitrogen and oxygen atoms in total. The first-order valence-electron chi connectivity index (χ1n) is 5.78. The number of thiophene rings is 1. The Bertz CT molecular complexity index is 267. The van der Waals surface area contributed by atoms with Crippen molar-refractivity contribution in [3.8, 4) is 0 Å². The number of nitrogens with one attached hydrogen (secondary N) is 1. The molecule has 0 bridgehead atoms. The van der Waals surface area contributed by atoms with Crippen LogP contribution in [-0.2, 0) is 0 Å². The van der Waals surface area contributed by atoms with Crippen LogP contribution in [0.4, 0.5) is 0 Å². The Balaban J connectivity index is 1.80. The van der Waals surface area contributed by atoms with Crippen LogP contribution in [0.1, 0.15) is 36.5 Å². The summed E-state index contributed by atoms with van der Waals surface area (Å²) in [6.45, 7) is 1.17. The third kappa shape index (κ3) is 3.03. The van der Waals surface area contributed by atoms with E-state index in [2.05, 4.69) is 22.8 Å². The van der Waals surface area contributed by atoms with Gasteiger partial charge in [-0.1, -0.05) is 18.9 Å². The highest BCUT2D eigenvalue weighted by Crippen LogP contribution is 2.22. The Labute approximate surface area is 95.3 Å². The summed E-state index contributed by atoms with van der Waals surface area (Å²) in [5.74, 6) is 0.283.